The molecule has 0 aliphatic heterocycles. The van der Waals surface area contributed by atoms with E-state index in [1.54, 1.807) is 7.11 Å². The number of hydrogen-bond acceptors (Lipinski definition) is 2. The van der Waals surface area contributed by atoms with Crippen LogP contribution in [-0.4, -0.2) is 16.9 Å². The first kappa shape index (κ1) is 13.4. The molecule has 0 fully saturated rings. The van der Waals surface area contributed by atoms with Crippen molar-refractivity contribution in [3.63, 3.8) is 0 Å². The molecule has 106 valence electrons. The monoisotopic (exact) mass is 278 g/mol. The van der Waals surface area contributed by atoms with Crippen molar-refractivity contribution in [3.8, 4) is 22.7 Å². The highest BCUT2D eigenvalue weighted by Crippen LogP contribution is 2.35. The van der Waals surface area contributed by atoms with Gasteiger partial charge in [-0.2, -0.15) is 5.10 Å². The first-order valence-corrected chi connectivity index (χ1v) is 6.97. The molecule has 0 atom stereocenters. The molecular formula is C18H18N2O. The second-order valence-electron chi connectivity index (χ2n) is 5.09. The average Bonchev–Trinajstić information content (AvgIpc) is 2.84. The molecule has 3 nitrogen and oxygen atoms in total. The number of para-hydroxylation sites is 1. The molecule has 2 aromatic carbocycles. The van der Waals surface area contributed by atoms with Crippen LogP contribution >= 0.6 is 0 Å². The topological polar surface area (TPSA) is 27.1 Å². The van der Waals surface area contributed by atoms with Crippen molar-refractivity contribution < 1.29 is 4.74 Å². The highest BCUT2D eigenvalue weighted by molar-refractivity contribution is 5.72. The zero-order valence-electron chi connectivity index (χ0n) is 12.5. The lowest BCUT2D eigenvalue weighted by atomic mass is 10.0. The van der Waals surface area contributed by atoms with Crippen LogP contribution in [0.2, 0.25) is 0 Å². The zero-order valence-corrected chi connectivity index (χ0v) is 12.5. The molecule has 3 aromatic rings. The van der Waals surface area contributed by atoms with E-state index in [0.29, 0.717) is 0 Å². The number of ether oxygens (including phenoxy) is 1. The third kappa shape index (κ3) is 2.42. The number of hydrogen-bond donors (Lipinski definition) is 0. The van der Waals surface area contributed by atoms with Crippen LogP contribution in [-0.2, 0) is 0 Å². The van der Waals surface area contributed by atoms with Crippen molar-refractivity contribution in [2.45, 2.75) is 13.8 Å². The van der Waals surface area contributed by atoms with Gasteiger partial charge in [0, 0.05) is 0 Å². The average molecular weight is 278 g/mol. The molecule has 1 aromatic heterocycles. The summed E-state index contributed by atoms with van der Waals surface area (Å²) >= 11 is 0. The van der Waals surface area contributed by atoms with Crippen molar-refractivity contribution in [2.75, 3.05) is 7.11 Å². The molecule has 3 heteroatoms. The third-order valence-electron chi connectivity index (χ3n) is 3.52. The van der Waals surface area contributed by atoms with Crippen molar-refractivity contribution in [1.29, 1.82) is 0 Å². The fourth-order valence-corrected chi connectivity index (χ4v) is 2.57. The number of nitrogens with zero attached hydrogens (tertiary/aromatic N) is 2. The molecule has 1 heterocycles. The second-order valence-corrected chi connectivity index (χ2v) is 5.09. The number of rotatable bonds is 3. The molecule has 0 unspecified atom stereocenters. The summed E-state index contributed by atoms with van der Waals surface area (Å²) in [6.45, 7) is 4.10. The van der Waals surface area contributed by atoms with Gasteiger partial charge in [0.15, 0.2) is 0 Å². The summed E-state index contributed by atoms with van der Waals surface area (Å²) in [6, 6.07) is 18.4. The van der Waals surface area contributed by atoms with Gasteiger partial charge in [0.25, 0.3) is 0 Å². The van der Waals surface area contributed by atoms with E-state index in [2.05, 4.69) is 36.3 Å². The van der Waals surface area contributed by atoms with Crippen LogP contribution in [0.25, 0.3) is 16.8 Å². The first-order chi connectivity index (χ1) is 10.2. The molecular weight excluding hydrogens is 260 g/mol. The zero-order chi connectivity index (χ0) is 14.8. The Morgan fingerprint density at radius 1 is 0.952 bits per heavy atom. The molecule has 0 N–H and O–H groups in total. The van der Waals surface area contributed by atoms with Gasteiger partial charge in [-0.05, 0) is 31.5 Å². The lowest BCUT2D eigenvalue weighted by Gasteiger charge is -2.08. The minimum absolute atomic E-state index is 0.768. The summed E-state index contributed by atoms with van der Waals surface area (Å²) in [5, 5.41) is 4.65. The van der Waals surface area contributed by atoms with Gasteiger partial charge in [-0.15, -0.1) is 0 Å². The number of aryl methyl sites for hydroxylation is 2. The van der Waals surface area contributed by atoms with E-state index in [9.17, 15) is 0 Å². The Balaban J connectivity index is 2.21. The van der Waals surface area contributed by atoms with Crippen LogP contribution in [0.15, 0.2) is 54.6 Å². The summed E-state index contributed by atoms with van der Waals surface area (Å²) in [5.41, 5.74) is 5.36. The molecule has 0 saturated heterocycles. The van der Waals surface area contributed by atoms with Gasteiger partial charge in [0.1, 0.15) is 0 Å². The summed E-state index contributed by atoms with van der Waals surface area (Å²) in [4.78, 5) is 0. The van der Waals surface area contributed by atoms with Crippen molar-refractivity contribution >= 4 is 0 Å². The molecule has 0 saturated carbocycles. The number of methoxy groups -OCH3 is 1. The Morgan fingerprint density at radius 3 is 2.38 bits per heavy atom. The van der Waals surface area contributed by atoms with E-state index in [1.165, 1.54) is 5.56 Å². The predicted molar refractivity (Wildman–Crippen MR) is 85.0 cm³/mol. The van der Waals surface area contributed by atoms with Gasteiger partial charge >= 0.3 is 0 Å². The van der Waals surface area contributed by atoms with Crippen LogP contribution in [0.5, 0.6) is 5.88 Å². The van der Waals surface area contributed by atoms with Crippen LogP contribution in [0, 0.1) is 13.8 Å². The first-order valence-electron chi connectivity index (χ1n) is 6.97. The largest absolute Gasteiger partial charge is 0.480 e. The van der Waals surface area contributed by atoms with Gasteiger partial charge in [0.05, 0.1) is 24.1 Å². The summed E-state index contributed by atoms with van der Waals surface area (Å²) < 4.78 is 7.50. The van der Waals surface area contributed by atoms with Crippen LogP contribution in [0.3, 0.4) is 0 Å². The van der Waals surface area contributed by atoms with Gasteiger partial charge < -0.3 is 4.74 Å². The molecule has 0 spiro atoms. The maximum Gasteiger partial charge on any atom is 0.224 e. The lowest BCUT2D eigenvalue weighted by molar-refractivity contribution is 0.385. The quantitative estimate of drug-likeness (QED) is 0.719. The van der Waals surface area contributed by atoms with E-state index in [-0.39, 0.29) is 0 Å². The van der Waals surface area contributed by atoms with Gasteiger partial charge in [-0.3, -0.25) is 0 Å². The van der Waals surface area contributed by atoms with E-state index in [4.69, 9.17) is 4.74 Å². The fourth-order valence-electron chi connectivity index (χ4n) is 2.57. The highest BCUT2D eigenvalue weighted by atomic mass is 16.5. The Labute approximate surface area is 124 Å². The Hall–Kier alpha value is -2.55. The van der Waals surface area contributed by atoms with Crippen LogP contribution in [0.4, 0.5) is 0 Å². The van der Waals surface area contributed by atoms with Gasteiger partial charge in [-0.25, -0.2) is 4.68 Å². The summed E-state index contributed by atoms with van der Waals surface area (Å²) in [5.74, 6) is 0.768. The number of aromatic nitrogens is 2. The maximum absolute atomic E-state index is 5.65. The van der Waals surface area contributed by atoms with Gasteiger partial charge in [-0.1, -0.05) is 48.0 Å². The number of benzene rings is 2. The normalized spacial score (nSPS) is 10.6. The van der Waals surface area contributed by atoms with Crippen molar-refractivity contribution in [1.82, 2.24) is 9.78 Å². The molecule has 0 bridgehead atoms. The molecule has 21 heavy (non-hydrogen) atoms. The maximum atomic E-state index is 5.65. The van der Waals surface area contributed by atoms with Crippen LogP contribution < -0.4 is 4.74 Å². The molecule has 0 aliphatic rings. The summed E-state index contributed by atoms with van der Waals surface area (Å²) in [6.07, 6.45) is 0. The van der Waals surface area contributed by atoms with Crippen LogP contribution in [0.1, 0.15) is 11.3 Å². The van der Waals surface area contributed by atoms with E-state index in [0.717, 1.165) is 28.4 Å². The van der Waals surface area contributed by atoms with E-state index in [1.807, 2.05) is 41.9 Å². The smallest absolute Gasteiger partial charge is 0.224 e. The third-order valence-corrected chi connectivity index (χ3v) is 3.52. The van der Waals surface area contributed by atoms with E-state index >= 15 is 0 Å². The molecule has 3 rings (SSSR count). The second kappa shape index (κ2) is 5.44. The Bertz CT molecular complexity index is 760. The van der Waals surface area contributed by atoms with Crippen molar-refractivity contribution in [2.24, 2.45) is 0 Å². The lowest BCUT2D eigenvalue weighted by Crippen LogP contribution is -1.99. The summed E-state index contributed by atoms with van der Waals surface area (Å²) in [7, 11) is 1.69. The Kier molecular flexibility index (Phi) is 3.48. The molecule has 0 amide bonds. The minimum atomic E-state index is 0.768. The van der Waals surface area contributed by atoms with E-state index < -0.39 is 0 Å². The molecule has 0 radical (unpaired) electrons. The van der Waals surface area contributed by atoms with Gasteiger partial charge in [0.2, 0.25) is 5.88 Å². The predicted octanol–water partition coefficient (Wildman–Crippen LogP) is 4.16. The highest BCUT2D eigenvalue weighted by Gasteiger charge is 2.18. The Morgan fingerprint density at radius 2 is 1.71 bits per heavy atom. The minimum Gasteiger partial charge on any atom is -0.480 e. The standard InChI is InChI=1S/C18H18N2O/c1-13-8-7-9-15(12-13)17-14(2)19-20(18(17)21-3)16-10-5-4-6-11-16/h4-12H,1-3H3. The SMILES string of the molecule is COc1c(-c2cccc(C)c2)c(C)nn1-c1ccccc1. The van der Waals surface area contributed by atoms with Crippen molar-refractivity contribution in [3.05, 3.63) is 65.9 Å². The molecule has 0 aliphatic carbocycles. The fraction of sp³-hybridized carbons (Fsp3) is 0.167.